The number of methoxy groups -OCH3 is 1. The van der Waals surface area contributed by atoms with Crippen molar-refractivity contribution in [3.63, 3.8) is 0 Å². The second-order valence-corrected chi connectivity index (χ2v) is 11.1. The molecule has 14 heteroatoms. The summed E-state index contributed by atoms with van der Waals surface area (Å²) in [7, 11) is 1.42. The van der Waals surface area contributed by atoms with Gasteiger partial charge in [-0.3, -0.25) is 18.8 Å². The molecule has 4 heterocycles. The second kappa shape index (κ2) is 14.1. The van der Waals surface area contributed by atoms with Crippen molar-refractivity contribution in [2.75, 3.05) is 20.2 Å². The Morgan fingerprint density at radius 1 is 1.22 bits per heavy atom. The first-order valence-corrected chi connectivity index (χ1v) is 14.7. The molecule has 5 rings (SSSR count). The highest BCUT2D eigenvalue weighted by atomic mass is 35.5. The number of pyridine rings is 2. The minimum atomic E-state index is -1.11. The average molecular weight is 639 g/mol. The molecular formula is C31H32ClFN6O6. The molecule has 1 amide bonds. The molecule has 1 saturated heterocycles. The van der Waals surface area contributed by atoms with E-state index in [2.05, 4.69) is 25.9 Å². The van der Waals surface area contributed by atoms with Crippen molar-refractivity contribution in [2.24, 2.45) is 0 Å². The molecule has 0 unspecified atom stereocenters. The number of nitrogens with one attached hydrogen (secondary N) is 3. The number of aliphatic carboxylic acids is 1. The van der Waals surface area contributed by atoms with E-state index >= 15 is 4.39 Å². The Morgan fingerprint density at radius 2 is 2.02 bits per heavy atom. The Kier molecular flexibility index (Phi) is 10.0. The van der Waals surface area contributed by atoms with Gasteiger partial charge >= 0.3 is 5.97 Å². The molecule has 0 bridgehead atoms. The summed E-state index contributed by atoms with van der Waals surface area (Å²) in [6.07, 6.45) is 2.73. The summed E-state index contributed by atoms with van der Waals surface area (Å²) in [6, 6.07) is 10.0. The first-order valence-electron chi connectivity index (χ1n) is 14.3. The number of hydrogen-bond acceptors (Lipinski definition) is 9. The summed E-state index contributed by atoms with van der Waals surface area (Å²) < 4.78 is 22.2. The summed E-state index contributed by atoms with van der Waals surface area (Å²) >= 11 is 6.85. The number of benzene rings is 1. The third kappa shape index (κ3) is 7.45. The number of amides is 1. The molecule has 2 atom stereocenters. The minimum Gasteiger partial charge on any atom is -0.481 e. The summed E-state index contributed by atoms with van der Waals surface area (Å²) in [6.45, 7) is 0.763. The maximum absolute atomic E-state index is 15.4. The van der Waals surface area contributed by atoms with E-state index in [0.29, 0.717) is 45.9 Å². The van der Waals surface area contributed by atoms with Crippen LogP contribution in [0.3, 0.4) is 0 Å². The van der Waals surface area contributed by atoms with E-state index in [0.717, 1.165) is 6.42 Å². The Balaban J connectivity index is 1.35. The van der Waals surface area contributed by atoms with Crippen molar-refractivity contribution in [1.82, 2.24) is 30.3 Å². The number of fused-ring (bicyclic) bond motifs is 1. The lowest BCUT2D eigenvalue weighted by atomic mass is 10.0. The molecule has 1 aliphatic rings. The highest BCUT2D eigenvalue weighted by molar-refractivity contribution is 6.36. The molecule has 4 aromatic rings. The third-order valence-electron chi connectivity index (χ3n) is 7.47. The van der Waals surface area contributed by atoms with E-state index in [-0.39, 0.29) is 54.3 Å². The van der Waals surface area contributed by atoms with Gasteiger partial charge in [0.1, 0.15) is 11.5 Å². The molecule has 1 aliphatic heterocycles. The van der Waals surface area contributed by atoms with Crippen molar-refractivity contribution < 1.29 is 28.9 Å². The molecule has 1 aromatic carbocycles. The number of aliphatic hydroxyl groups is 1. The number of halogens is 2. The van der Waals surface area contributed by atoms with E-state index in [1.165, 1.54) is 23.8 Å². The number of carbonyl (C=O) groups is 2. The Labute approximate surface area is 262 Å². The van der Waals surface area contributed by atoms with E-state index in [1.54, 1.807) is 36.5 Å². The molecule has 0 aliphatic carbocycles. The standard InChI is InChI=1S/C31H32ClFN6O6/c1-45-30-23(16-35-14-19-5-6-27(41)37-19)24(33)11-25(38-30)22-4-2-3-21(29(22)32)17-7-8-39-26(9-17)36-13-18(31(39)44)12-34-15-20(40)10-28(42)43/h2-4,7-9,11,13,19-20,34-35,40H,5-6,10,12,14-16H2,1H3,(H,37,41)(H,42,43)/t19-,20-/m0/s1. The molecule has 3 aromatic heterocycles. The number of carboxylic acid groups (broad SMARTS) is 1. The first-order chi connectivity index (χ1) is 21.6. The number of aromatic nitrogens is 3. The van der Waals surface area contributed by atoms with Crippen LogP contribution in [-0.2, 0) is 22.7 Å². The molecule has 0 saturated carbocycles. The number of nitrogens with zero attached hydrogens (tertiary/aromatic N) is 3. The maximum atomic E-state index is 15.4. The Morgan fingerprint density at radius 3 is 2.76 bits per heavy atom. The van der Waals surface area contributed by atoms with Gasteiger partial charge in [-0.15, -0.1) is 0 Å². The minimum absolute atomic E-state index is 0.000167. The largest absolute Gasteiger partial charge is 0.481 e. The van der Waals surface area contributed by atoms with Crippen LogP contribution < -0.4 is 26.2 Å². The number of carboxylic acids is 1. The van der Waals surface area contributed by atoms with Crippen LogP contribution in [-0.4, -0.2) is 68.8 Å². The number of rotatable bonds is 13. The fourth-order valence-corrected chi connectivity index (χ4v) is 5.52. The highest BCUT2D eigenvalue weighted by Gasteiger charge is 2.22. The van der Waals surface area contributed by atoms with Gasteiger partial charge < -0.3 is 30.9 Å². The predicted octanol–water partition coefficient (Wildman–Crippen LogP) is 2.52. The van der Waals surface area contributed by atoms with Crippen LogP contribution in [0.1, 0.15) is 30.4 Å². The van der Waals surface area contributed by atoms with Gasteiger partial charge in [-0.25, -0.2) is 14.4 Å². The molecule has 0 radical (unpaired) electrons. The zero-order valence-electron chi connectivity index (χ0n) is 24.3. The smallest absolute Gasteiger partial charge is 0.306 e. The number of ether oxygens (including phenoxy) is 1. The Hall–Kier alpha value is -4.43. The van der Waals surface area contributed by atoms with E-state index in [4.69, 9.17) is 21.4 Å². The van der Waals surface area contributed by atoms with E-state index in [9.17, 15) is 19.5 Å². The van der Waals surface area contributed by atoms with Crippen LogP contribution in [0.15, 0.2) is 53.6 Å². The van der Waals surface area contributed by atoms with Gasteiger partial charge in [0.25, 0.3) is 5.56 Å². The van der Waals surface area contributed by atoms with Gasteiger partial charge in [0.15, 0.2) is 0 Å². The number of hydrogen-bond donors (Lipinski definition) is 5. The summed E-state index contributed by atoms with van der Waals surface area (Å²) in [5, 5.41) is 27.7. The first kappa shape index (κ1) is 32.0. The topological polar surface area (TPSA) is 167 Å². The van der Waals surface area contributed by atoms with Gasteiger partial charge in [0, 0.05) is 73.8 Å². The lowest BCUT2D eigenvalue weighted by molar-refractivity contribution is -0.139. The molecule has 5 N–H and O–H groups in total. The molecule has 0 spiro atoms. The Bertz CT molecular complexity index is 1800. The van der Waals surface area contributed by atoms with Crippen molar-refractivity contribution in [1.29, 1.82) is 0 Å². The monoisotopic (exact) mass is 638 g/mol. The quantitative estimate of drug-likeness (QED) is 0.147. The van der Waals surface area contributed by atoms with Crippen molar-refractivity contribution in [2.45, 2.75) is 44.5 Å². The highest BCUT2D eigenvalue weighted by Crippen LogP contribution is 2.37. The summed E-state index contributed by atoms with van der Waals surface area (Å²) in [5.41, 5.74) is 2.71. The zero-order valence-corrected chi connectivity index (χ0v) is 25.1. The van der Waals surface area contributed by atoms with Crippen LogP contribution in [0.4, 0.5) is 4.39 Å². The predicted molar refractivity (Wildman–Crippen MR) is 164 cm³/mol. The van der Waals surface area contributed by atoms with Gasteiger partial charge in [0.05, 0.1) is 35.9 Å². The molecule has 45 heavy (non-hydrogen) atoms. The van der Waals surface area contributed by atoms with E-state index < -0.39 is 24.3 Å². The van der Waals surface area contributed by atoms with Crippen molar-refractivity contribution in [3.8, 4) is 28.3 Å². The van der Waals surface area contributed by atoms with Crippen molar-refractivity contribution in [3.05, 3.63) is 81.1 Å². The maximum Gasteiger partial charge on any atom is 0.306 e. The number of carbonyl (C=O) groups excluding carboxylic acids is 1. The fourth-order valence-electron chi connectivity index (χ4n) is 5.19. The van der Waals surface area contributed by atoms with Gasteiger partial charge in [-0.1, -0.05) is 29.8 Å². The fraction of sp³-hybridized carbons (Fsp3) is 0.323. The lowest BCUT2D eigenvalue weighted by Crippen LogP contribution is -2.35. The van der Waals surface area contributed by atoms with Crippen molar-refractivity contribution >= 4 is 29.1 Å². The SMILES string of the molecule is COc1nc(-c2cccc(-c3ccn4c(=O)c(CNC[C@@H](O)CC(=O)O)cnc4c3)c2Cl)cc(F)c1CNC[C@@H]1CCC(=O)N1. The van der Waals surface area contributed by atoms with Crippen LogP contribution in [0.25, 0.3) is 28.0 Å². The van der Waals surface area contributed by atoms with Crippen LogP contribution in [0, 0.1) is 5.82 Å². The lowest BCUT2D eigenvalue weighted by Gasteiger charge is -2.15. The molecule has 1 fully saturated rings. The average Bonchev–Trinajstić information content (AvgIpc) is 3.43. The van der Waals surface area contributed by atoms with Gasteiger partial charge in [0.2, 0.25) is 11.8 Å². The molecular weight excluding hydrogens is 607 g/mol. The van der Waals surface area contributed by atoms with Gasteiger partial charge in [-0.2, -0.15) is 0 Å². The third-order valence-corrected chi connectivity index (χ3v) is 7.88. The normalized spacial score (nSPS) is 15.3. The van der Waals surface area contributed by atoms with Gasteiger partial charge in [-0.05, 0) is 24.1 Å². The van der Waals surface area contributed by atoms with Crippen LogP contribution >= 0.6 is 11.6 Å². The van der Waals surface area contributed by atoms with Crippen LogP contribution in [0.2, 0.25) is 5.02 Å². The zero-order chi connectivity index (χ0) is 32.1. The van der Waals surface area contributed by atoms with Crippen LogP contribution in [0.5, 0.6) is 5.88 Å². The second-order valence-electron chi connectivity index (χ2n) is 10.7. The summed E-state index contributed by atoms with van der Waals surface area (Å²) in [5.74, 6) is -1.50. The number of aliphatic hydroxyl groups excluding tert-OH is 1. The van der Waals surface area contributed by atoms with E-state index in [1.807, 2.05) is 0 Å². The summed E-state index contributed by atoms with van der Waals surface area (Å²) in [4.78, 5) is 44.1. The molecule has 12 nitrogen and oxygen atoms in total. The molecule has 236 valence electrons.